The van der Waals surface area contributed by atoms with Crippen molar-refractivity contribution in [1.29, 1.82) is 0 Å². The van der Waals surface area contributed by atoms with Crippen LogP contribution in [0, 0.1) is 0 Å². The van der Waals surface area contributed by atoms with Crippen molar-refractivity contribution in [3.05, 3.63) is 99.5 Å². The molecule has 7 nitrogen and oxygen atoms in total. The maximum atomic E-state index is 13.9. The Morgan fingerprint density at radius 1 is 0.976 bits per heavy atom. The van der Waals surface area contributed by atoms with Gasteiger partial charge in [-0.15, -0.1) is 0 Å². The van der Waals surface area contributed by atoms with Crippen LogP contribution in [0.25, 0.3) is 0 Å². The number of hydrogen-bond acceptors (Lipinski definition) is 4. The summed E-state index contributed by atoms with van der Waals surface area (Å²) < 4.78 is 66.3. The van der Waals surface area contributed by atoms with Gasteiger partial charge in [0.15, 0.2) is 0 Å². The first-order chi connectivity index (χ1) is 19.2. The summed E-state index contributed by atoms with van der Waals surface area (Å²) in [6.07, 6.45) is -3.88. The largest absolute Gasteiger partial charge is 0.416 e. The number of nitrogens with one attached hydrogen (secondary N) is 1. The number of carbonyl (C=O) groups excluding carboxylic acids is 2. The monoisotopic (exact) mass is 629 g/mol. The Kier molecular flexibility index (Phi) is 10.7. The van der Waals surface area contributed by atoms with Gasteiger partial charge in [-0.25, -0.2) is 8.42 Å². The van der Waals surface area contributed by atoms with Gasteiger partial charge >= 0.3 is 6.18 Å². The van der Waals surface area contributed by atoms with Crippen molar-refractivity contribution in [2.24, 2.45) is 0 Å². The van der Waals surface area contributed by atoms with Gasteiger partial charge in [-0.2, -0.15) is 13.2 Å². The van der Waals surface area contributed by atoms with Crippen LogP contribution >= 0.6 is 23.2 Å². The summed E-state index contributed by atoms with van der Waals surface area (Å²) >= 11 is 12.4. The molecule has 0 fully saturated rings. The number of nitrogens with zero attached hydrogens (tertiary/aromatic N) is 2. The van der Waals surface area contributed by atoms with E-state index >= 15 is 0 Å². The van der Waals surface area contributed by atoms with Crippen LogP contribution in [0.1, 0.15) is 23.6 Å². The van der Waals surface area contributed by atoms with Gasteiger partial charge < -0.3 is 10.2 Å². The molecule has 0 bridgehead atoms. The number of amides is 2. The van der Waals surface area contributed by atoms with E-state index in [-0.39, 0.29) is 30.2 Å². The lowest BCUT2D eigenvalue weighted by atomic mass is 10.0. The van der Waals surface area contributed by atoms with Crippen molar-refractivity contribution in [3.8, 4) is 0 Å². The van der Waals surface area contributed by atoms with Crippen LogP contribution in [0.15, 0.2) is 72.8 Å². The van der Waals surface area contributed by atoms with Crippen molar-refractivity contribution < 1.29 is 31.2 Å². The maximum absolute atomic E-state index is 13.9. The smallest absolute Gasteiger partial charge is 0.355 e. The number of anilines is 1. The number of halogens is 5. The van der Waals surface area contributed by atoms with Gasteiger partial charge in [0, 0.05) is 29.6 Å². The number of carbonyl (C=O) groups is 2. The molecule has 0 spiro atoms. The van der Waals surface area contributed by atoms with Crippen molar-refractivity contribution in [2.45, 2.75) is 32.1 Å². The SMILES string of the molecule is CCNC(=O)C(Cc1ccccc1)N(Cc1ccc(Cl)cc1Cl)C(=O)CN(c1cccc(C(F)(F)F)c1)S(C)(=O)=O. The Hall–Kier alpha value is -3.28. The molecule has 0 saturated heterocycles. The zero-order valence-electron chi connectivity index (χ0n) is 22.2. The first-order valence-electron chi connectivity index (χ1n) is 12.4. The molecule has 3 aromatic rings. The number of hydrogen-bond donors (Lipinski definition) is 1. The van der Waals surface area contributed by atoms with Crippen molar-refractivity contribution in [1.82, 2.24) is 10.2 Å². The highest BCUT2D eigenvalue weighted by Crippen LogP contribution is 2.32. The molecule has 0 saturated carbocycles. The molecular formula is C28H28Cl2F3N3O4S. The predicted octanol–water partition coefficient (Wildman–Crippen LogP) is 5.55. The summed E-state index contributed by atoms with van der Waals surface area (Å²) in [7, 11) is -4.24. The Morgan fingerprint density at radius 2 is 1.66 bits per heavy atom. The molecule has 41 heavy (non-hydrogen) atoms. The normalized spacial score (nSPS) is 12.5. The van der Waals surface area contributed by atoms with E-state index < -0.39 is 46.2 Å². The molecule has 1 unspecified atom stereocenters. The third-order valence-corrected chi connectivity index (χ3v) is 7.85. The van der Waals surface area contributed by atoms with Gasteiger partial charge in [-0.05, 0) is 48.4 Å². The Labute approximate surface area is 246 Å². The molecule has 0 aliphatic heterocycles. The highest BCUT2D eigenvalue weighted by atomic mass is 35.5. The fourth-order valence-corrected chi connectivity index (χ4v) is 5.44. The summed E-state index contributed by atoms with van der Waals surface area (Å²) in [4.78, 5) is 28.4. The quantitative estimate of drug-likeness (QED) is 0.301. The fourth-order valence-electron chi connectivity index (χ4n) is 4.13. The van der Waals surface area contributed by atoms with E-state index in [2.05, 4.69) is 5.32 Å². The highest BCUT2D eigenvalue weighted by Gasteiger charge is 2.35. The number of alkyl halides is 3. The van der Waals surface area contributed by atoms with Crippen LogP contribution in [0.3, 0.4) is 0 Å². The molecule has 0 radical (unpaired) electrons. The van der Waals surface area contributed by atoms with E-state index in [1.54, 1.807) is 49.4 Å². The minimum absolute atomic E-state index is 0.0755. The van der Waals surface area contributed by atoms with E-state index in [1.165, 1.54) is 11.0 Å². The van der Waals surface area contributed by atoms with E-state index in [0.29, 0.717) is 21.0 Å². The molecule has 0 aliphatic carbocycles. The average molecular weight is 631 g/mol. The lowest BCUT2D eigenvalue weighted by molar-refractivity contribution is -0.140. The van der Waals surface area contributed by atoms with Crippen LogP contribution in [0.5, 0.6) is 0 Å². The standard InChI is InChI=1S/C28H28Cl2F3N3O4S/c1-3-34-27(38)25(14-19-8-5-4-6-9-19)35(17-20-12-13-22(29)16-24(20)30)26(37)18-36(41(2,39)40)23-11-7-10-21(15-23)28(31,32)33/h4-13,15-16,25H,3,14,17-18H2,1-2H3,(H,34,38). The predicted molar refractivity (Wildman–Crippen MR) is 153 cm³/mol. The second-order valence-electron chi connectivity index (χ2n) is 9.18. The van der Waals surface area contributed by atoms with Crippen molar-refractivity contribution >= 4 is 50.7 Å². The van der Waals surface area contributed by atoms with Gasteiger partial charge in [0.1, 0.15) is 12.6 Å². The van der Waals surface area contributed by atoms with Crippen LogP contribution in [0.2, 0.25) is 10.0 Å². The Balaban J connectivity index is 2.09. The third-order valence-electron chi connectivity index (χ3n) is 6.12. The van der Waals surface area contributed by atoms with E-state index in [4.69, 9.17) is 23.2 Å². The molecule has 3 aromatic carbocycles. The summed E-state index contributed by atoms with van der Waals surface area (Å²) in [6.45, 7) is 0.895. The van der Waals surface area contributed by atoms with Crippen LogP contribution in [-0.2, 0) is 38.8 Å². The Morgan fingerprint density at radius 3 is 2.24 bits per heavy atom. The van der Waals surface area contributed by atoms with Crippen LogP contribution in [0.4, 0.5) is 18.9 Å². The van der Waals surface area contributed by atoms with E-state index in [0.717, 1.165) is 30.0 Å². The van der Waals surface area contributed by atoms with Gasteiger partial charge in [-0.3, -0.25) is 13.9 Å². The van der Waals surface area contributed by atoms with Crippen molar-refractivity contribution in [3.63, 3.8) is 0 Å². The molecule has 0 aliphatic rings. The Bertz CT molecular complexity index is 1490. The summed E-state index contributed by atoms with van der Waals surface area (Å²) in [5.74, 6) is -1.33. The molecule has 0 heterocycles. The molecule has 1 atom stereocenters. The maximum Gasteiger partial charge on any atom is 0.416 e. The van der Waals surface area contributed by atoms with Gasteiger partial charge in [-0.1, -0.05) is 65.7 Å². The summed E-state index contributed by atoms with van der Waals surface area (Å²) in [6, 6.07) is 16.0. The lowest BCUT2D eigenvalue weighted by Crippen LogP contribution is -2.53. The topological polar surface area (TPSA) is 86.8 Å². The minimum Gasteiger partial charge on any atom is -0.355 e. The average Bonchev–Trinajstić information content (AvgIpc) is 2.90. The van der Waals surface area contributed by atoms with Crippen LogP contribution < -0.4 is 9.62 Å². The molecule has 0 aromatic heterocycles. The first kappa shape index (κ1) is 32.2. The molecule has 13 heteroatoms. The summed E-state index contributed by atoms with van der Waals surface area (Å²) in [5.41, 5.74) is -0.277. The third kappa shape index (κ3) is 8.85. The zero-order valence-corrected chi connectivity index (χ0v) is 24.5. The second-order valence-corrected chi connectivity index (χ2v) is 11.9. The highest BCUT2D eigenvalue weighted by molar-refractivity contribution is 7.92. The molecule has 220 valence electrons. The lowest BCUT2D eigenvalue weighted by Gasteiger charge is -2.33. The second kappa shape index (κ2) is 13.6. The number of benzene rings is 3. The first-order valence-corrected chi connectivity index (χ1v) is 15.0. The zero-order chi connectivity index (χ0) is 30.4. The number of likely N-dealkylation sites (N-methyl/N-ethyl adjacent to an activating group) is 1. The number of sulfonamides is 1. The molecule has 2 amide bonds. The van der Waals surface area contributed by atoms with Gasteiger partial charge in [0.25, 0.3) is 0 Å². The van der Waals surface area contributed by atoms with Crippen LogP contribution in [-0.4, -0.2) is 50.5 Å². The van der Waals surface area contributed by atoms with E-state index in [1.807, 2.05) is 0 Å². The summed E-state index contributed by atoms with van der Waals surface area (Å²) in [5, 5.41) is 3.26. The van der Waals surface area contributed by atoms with Gasteiger partial charge in [0.05, 0.1) is 17.5 Å². The number of rotatable bonds is 11. The molecule has 3 rings (SSSR count). The van der Waals surface area contributed by atoms with E-state index in [9.17, 15) is 31.2 Å². The fraction of sp³-hybridized carbons (Fsp3) is 0.286. The molecule has 1 N–H and O–H groups in total. The van der Waals surface area contributed by atoms with Crippen molar-refractivity contribution in [2.75, 3.05) is 23.7 Å². The minimum atomic E-state index is -4.74. The van der Waals surface area contributed by atoms with Gasteiger partial charge in [0.2, 0.25) is 21.8 Å². The molecular weight excluding hydrogens is 602 g/mol.